The highest BCUT2D eigenvalue weighted by molar-refractivity contribution is 5.74. The molecule has 0 radical (unpaired) electrons. The number of carboxylic acid groups (broad SMARTS) is 1. The molecule has 4 nitrogen and oxygen atoms in total. The Bertz CT molecular complexity index is 453. The number of rotatable bonds is 4. The lowest BCUT2D eigenvalue weighted by atomic mass is 10.0. The zero-order valence-electron chi connectivity index (χ0n) is 11.0. The lowest BCUT2D eigenvalue weighted by Gasteiger charge is -2.38. The Morgan fingerprint density at radius 3 is 3.00 bits per heavy atom. The molecule has 2 rings (SSSR count). The lowest BCUT2D eigenvalue weighted by Crippen LogP contribution is -2.58. The minimum atomic E-state index is -0.826. The third-order valence-electron chi connectivity index (χ3n) is 3.61. The first kappa shape index (κ1) is 14.0. The zero-order valence-corrected chi connectivity index (χ0v) is 11.0. The summed E-state index contributed by atoms with van der Waals surface area (Å²) in [4.78, 5) is 13.2. The number of piperazine rings is 1. The highest BCUT2D eigenvalue weighted by Crippen LogP contribution is 2.16. The molecule has 5 heteroatoms. The summed E-state index contributed by atoms with van der Waals surface area (Å²) in [6.07, 6.45) is 0.524. The Hall–Kier alpha value is -1.46. The summed E-state index contributed by atoms with van der Waals surface area (Å²) < 4.78 is 13.6. The van der Waals surface area contributed by atoms with E-state index in [1.165, 1.54) is 6.07 Å². The molecule has 0 aromatic heterocycles. The molecule has 2 unspecified atom stereocenters. The van der Waals surface area contributed by atoms with Crippen LogP contribution in [-0.4, -0.2) is 47.7 Å². The van der Waals surface area contributed by atoms with E-state index in [0.29, 0.717) is 25.1 Å². The van der Waals surface area contributed by atoms with Crippen LogP contribution in [0.15, 0.2) is 24.3 Å². The molecule has 0 saturated carbocycles. The van der Waals surface area contributed by atoms with Crippen LogP contribution in [0, 0.1) is 5.82 Å². The molecule has 0 amide bonds. The van der Waals surface area contributed by atoms with Crippen molar-refractivity contribution in [2.24, 2.45) is 0 Å². The van der Waals surface area contributed by atoms with E-state index in [2.05, 4.69) is 5.32 Å². The van der Waals surface area contributed by atoms with Gasteiger partial charge in [-0.15, -0.1) is 0 Å². The second-order valence-electron chi connectivity index (χ2n) is 4.94. The average molecular weight is 266 g/mol. The fraction of sp³-hybridized carbons (Fsp3) is 0.500. The van der Waals surface area contributed by atoms with Gasteiger partial charge in [0, 0.05) is 25.7 Å². The molecule has 0 bridgehead atoms. The van der Waals surface area contributed by atoms with Gasteiger partial charge in [-0.2, -0.15) is 0 Å². The maximum atomic E-state index is 13.6. The van der Waals surface area contributed by atoms with E-state index in [0.717, 1.165) is 6.54 Å². The molecule has 1 aromatic carbocycles. The maximum absolute atomic E-state index is 13.6. The van der Waals surface area contributed by atoms with Crippen molar-refractivity contribution in [3.63, 3.8) is 0 Å². The van der Waals surface area contributed by atoms with Gasteiger partial charge < -0.3 is 10.4 Å². The van der Waals surface area contributed by atoms with Crippen LogP contribution in [0.5, 0.6) is 0 Å². The minimum Gasteiger partial charge on any atom is -0.480 e. The van der Waals surface area contributed by atoms with Crippen molar-refractivity contribution in [1.29, 1.82) is 0 Å². The number of hydrogen-bond donors (Lipinski definition) is 2. The van der Waals surface area contributed by atoms with Gasteiger partial charge in [-0.3, -0.25) is 9.69 Å². The van der Waals surface area contributed by atoms with Crippen molar-refractivity contribution in [1.82, 2.24) is 10.2 Å². The lowest BCUT2D eigenvalue weighted by molar-refractivity contribution is -0.144. The van der Waals surface area contributed by atoms with Gasteiger partial charge in [0.05, 0.1) is 0 Å². The van der Waals surface area contributed by atoms with Gasteiger partial charge in [0.2, 0.25) is 0 Å². The number of nitrogens with zero attached hydrogens (tertiary/aromatic N) is 1. The van der Waals surface area contributed by atoms with E-state index < -0.39 is 12.0 Å². The number of carbonyl (C=O) groups is 1. The highest BCUT2D eigenvalue weighted by atomic mass is 19.1. The van der Waals surface area contributed by atoms with Crippen molar-refractivity contribution >= 4 is 5.97 Å². The zero-order chi connectivity index (χ0) is 13.8. The van der Waals surface area contributed by atoms with Gasteiger partial charge in [-0.25, -0.2) is 4.39 Å². The third-order valence-corrected chi connectivity index (χ3v) is 3.61. The Kier molecular flexibility index (Phi) is 4.50. The molecule has 1 saturated heterocycles. The number of carboxylic acids is 1. The van der Waals surface area contributed by atoms with E-state index in [9.17, 15) is 14.3 Å². The fourth-order valence-corrected chi connectivity index (χ4v) is 2.58. The normalized spacial score (nSPS) is 22.1. The van der Waals surface area contributed by atoms with E-state index in [1.54, 1.807) is 18.2 Å². The second kappa shape index (κ2) is 6.12. The van der Waals surface area contributed by atoms with Gasteiger partial charge in [-0.1, -0.05) is 18.2 Å². The molecule has 1 fully saturated rings. The highest BCUT2D eigenvalue weighted by Gasteiger charge is 2.31. The predicted molar refractivity (Wildman–Crippen MR) is 70.6 cm³/mol. The molecule has 1 aliphatic heterocycles. The molecule has 0 aliphatic carbocycles. The molecule has 1 aromatic rings. The summed E-state index contributed by atoms with van der Waals surface area (Å²) in [5, 5.41) is 12.3. The average Bonchev–Trinajstić information content (AvgIpc) is 2.41. The largest absolute Gasteiger partial charge is 0.480 e. The number of benzene rings is 1. The molecule has 0 spiro atoms. The maximum Gasteiger partial charge on any atom is 0.322 e. The van der Waals surface area contributed by atoms with Crippen LogP contribution in [0.1, 0.15) is 12.5 Å². The molecule has 1 heterocycles. The smallest absolute Gasteiger partial charge is 0.322 e. The quantitative estimate of drug-likeness (QED) is 0.857. The molecular formula is C14H19FN2O2. The SMILES string of the molecule is CC(Cc1ccccc1F)N1CCNCC1C(=O)O. The minimum absolute atomic E-state index is 0.0000926. The first-order chi connectivity index (χ1) is 9.09. The van der Waals surface area contributed by atoms with Crippen molar-refractivity contribution in [3.8, 4) is 0 Å². The second-order valence-corrected chi connectivity index (χ2v) is 4.94. The Morgan fingerprint density at radius 2 is 2.32 bits per heavy atom. The Morgan fingerprint density at radius 1 is 1.58 bits per heavy atom. The van der Waals surface area contributed by atoms with Crippen LogP contribution in [0.3, 0.4) is 0 Å². The van der Waals surface area contributed by atoms with E-state index >= 15 is 0 Å². The van der Waals surface area contributed by atoms with Crippen molar-refractivity contribution in [2.75, 3.05) is 19.6 Å². The number of aliphatic carboxylic acids is 1. The van der Waals surface area contributed by atoms with Gasteiger partial charge >= 0.3 is 5.97 Å². The predicted octanol–water partition coefficient (Wildman–Crippen LogP) is 1.12. The van der Waals surface area contributed by atoms with Crippen LogP contribution in [-0.2, 0) is 11.2 Å². The van der Waals surface area contributed by atoms with Crippen LogP contribution in [0.2, 0.25) is 0 Å². The van der Waals surface area contributed by atoms with Crippen LogP contribution in [0.4, 0.5) is 4.39 Å². The fourth-order valence-electron chi connectivity index (χ4n) is 2.58. The van der Waals surface area contributed by atoms with E-state index in [-0.39, 0.29) is 11.9 Å². The summed E-state index contributed by atoms with van der Waals surface area (Å²) in [6, 6.07) is 6.13. The Balaban J connectivity index is 2.07. The Labute approximate surface area is 112 Å². The summed E-state index contributed by atoms with van der Waals surface area (Å²) in [5.41, 5.74) is 0.637. The van der Waals surface area contributed by atoms with Gasteiger partial charge in [0.1, 0.15) is 11.9 Å². The molecule has 104 valence electrons. The summed E-state index contributed by atoms with van der Waals surface area (Å²) in [6.45, 7) is 3.84. The summed E-state index contributed by atoms with van der Waals surface area (Å²) in [7, 11) is 0. The van der Waals surface area contributed by atoms with Gasteiger partial charge in [0.15, 0.2) is 0 Å². The van der Waals surface area contributed by atoms with Crippen LogP contribution in [0.25, 0.3) is 0 Å². The summed E-state index contributed by atoms with van der Waals surface area (Å²) >= 11 is 0. The van der Waals surface area contributed by atoms with Crippen molar-refractivity contribution < 1.29 is 14.3 Å². The number of halogens is 1. The molecule has 1 aliphatic rings. The van der Waals surface area contributed by atoms with Crippen molar-refractivity contribution in [3.05, 3.63) is 35.6 Å². The molecular weight excluding hydrogens is 247 g/mol. The number of nitrogens with one attached hydrogen (secondary N) is 1. The van der Waals surface area contributed by atoms with Gasteiger partial charge in [0.25, 0.3) is 0 Å². The standard InChI is InChI=1S/C14H19FN2O2/c1-10(8-11-4-2-3-5-12(11)15)17-7-6-16-9-13(17)14(18)19/h2-5,10,13,16H,6-9H2,1H3,(H,18,19). The first-order valence-electron chi connectivity index (χ1n) is 6.52. The third kappa shape index (κ3) is 3.30. The molecule has 2 atom stereocenters. The van der Waals surface area contributed by atoms with Crippen LogP contribution < -0.4 is 5.32 Å². The van der Waals surface area contributed by atoms with Crippen molar-refractivity contribution in [2.45, 2.75) is 25.4 Å². The monoisotopic (exact) mass is 266 g/mol. The summed E-state index contributed by atoms with van der Waals surface area (Å²) in [5.74, 6) is -1.05. The topological polar surface area (TPSA) is 52.6 Å². The van der Waals surface area contributed by atoms with Crippen LogP contribution >= 0.6 is 0 Å². The first-order valence-corrected chi connectivity index (χ1v) is 6.52. The van der Waals surface area contributed by atoms with Gasteiger partial charge in [-0.05, 0) is 25.0 Å². The van der Waals surface area contributed by atoms with E-state index in [1.807, 2.05) is 11.8 Å². The number of hydrogen-bond acceptors (Lipinski definition) is 3. The molecule has 19 heavy (non-hydrogen) atoms. The molecule has 2 N–H and O–H groups in total. The van der Waals surface area contributed by atoms with E-state index in [4.69, 9.17) is 0 Å².